The minimum absolute atomic E-state index is 0.307. The maximum atomic E-state index is 12.8. The van der Waals surface area contributed by atoms with E-state index < -0.39 is 8.56 Å². The summed E-state index contributed by atoms with van der Waals surface area (Å²) in [5.74, 6) is 0.753. The monoisotopic (exact) mass is 566 g/mol. The van der Waals surface area contributed by atoms with Crippen LogP contribution < -0.4 is 10.4 Å². The van der Waals surface area contributed by atoms with Gasteiger partial charge in [-0.3, -0.25) is 0 Å². The minimum atomic E-state index is -1.93. The Morgan fingerprint density at radius 3 is 2.00 bits per heavy atom. The lowest BCUT2D eigenvalue weighted by molar-refractivity contribution is 0.188. The van der Waals surface area contributed by atoms with Gasteiger partial charge in [0.05, 0.1) is 12.2 Å². The fraction of sp³-hybridized carbons (Fsp3) is 0.559. The van der Waals surface area contributed by atoms with Gasteiger partial charge in [-0.2, -0.15) is 0 Å². The van der Waals surface area contributed by atoms with E-state index in [1.54, 1.807) is 0 Å². The van der Waals surface area contributed by atoms with Gasteiger partial charge in [0, 0.05) is 24.7 Å². The number of benzene rings is 2. The second-order valence-corrected chi connectivity index (χ2v) is 14.1. The van der Waals surface area contributed by atoms with Gasteiger partial charge in [-0.05, 0) is 68.6 Å². The Hall–Kier alpha value is -2.41. The number of aryl methyl sites for hydroxylation is 1. The van der Waals surface area contributed by atoms with Gasteiger partial charge in [-0.25, -0.2) is 4.79 Å². The number of unbranched alkanes of at least 4 members (excludes halogenated alkanes) is 9. The molecule has 0 bridgehead atoms. The van der Waals surface area contributed by atoms with E-state index >= 15 is 0 Å². The van der Waals surface area contributed by atoms with Crippen LogP contribution in [0.25, 0.3) is 22.1 Å². The quantitative estimate of drug-likeness (QED) is 0.0774. The summed E-state index contributed by atoms with van der Waals surface area (Å²) in [5.41, 5.74) is 2.97. The van der Waals surface area contributed by atoms with Crippen molar-refractivity contribution in [1.29, 1.82) is 0 Å². The molecule has 0 aliphatic rings. The molecule has 3 rings (SSSR count). The Kier molecular flexibility index (Phi) is 14.0. The van der Waals surface area contributed by atoms with Crippen molar-refractivity contribution in [2.24, 2.45) is 0 Å². The van der Waals surface area contributed by atoms with Crippen LogP contribution in [0.4, 0.5) is 0 Å². The van der Waals surface area contributed by atoms with Crippen LogP contribution in [-0.4, -0.2) is 28.4 Å². The molecule has 0 radical (unpaired) electrons. The van der Waals surface area contributed by atoms with Crippen molar-refractivity contribution in [1.82, 2.24) is 0 Å². The zero-order valence-corrected chi connectivity index (χ0v) is 26.3. The van der Waals surface area contributed by atoms with E-state index in [2.05, 4.69) is 33.4 Å². The summed E-state index contributed by atoms with van der Waals surface area (Å²) < 4.78 is 23.5. The van der Waals surface area contributed by atoms with E-state index in [0.29, 0.717) is 17.8 Å². The highest BCUT2D eigenvalue weighted by molar-refractivity contribution is 6.66. The molecular weight excluding hydrogens is 516 g/mol. The molecule has 2 aromatic carbocycles. The summed E-state index contributed by atoms with van der Waals surface area (Å²) in [4.78, 5) is 12.8. The molecule has 0 amide bonds. The lowest BCUT2D eigenvalue weighted by Crippen LogP contribution is -2.38. The Morgan fingerprint density at radius 1 is 0.725 bits per heavy atom. The van der Waals surface area contributed by atoms with Gasteiger partial charge >= 0.3 is 14.2 Å². The molecular formula is C34H50O5Si. The van der Waals surface area contributed by atoms with Crippen molar-refractivity contribution in [3.05, 3.63) is 64.5 Å². The van der Waals surface area contributed by atoms with Gasteiger partial charge in [-0.1, -0.05) is 89.0 Å². The first-order valence-electron chi connectivity index (χ1n) is 15.6. The number of ether oxygens (including phenoxy) is 1. The molecule has 0 aliphatic heterocycles. The molecule has 0 saturated carbocycles. The molecule has 0 aliphatic carbocycles. The standard InChI is InChI=1S/C34H50O5Si/c1-5-28-20-16-17-21-31(28)32-26-29-22-23-30(27-33(29)39-34(32)35)36-24-18-14-12-10-8-9-11-13-15-19-25-40(4,37-6-2)38-7-3/h16-17,20-23,26-27H,5-15,18-19,24-25H2,1-4H3. The molecule has 0 fully saturated rings. The van der Waals surface area contributed by atoms with E-state index in [-0.39, 0.29) is 5.63 Å². The van der Waals surface area contributed by atoms with Crippen molar-refractivity contribution in [3.63, 3.8) is 0 Å². The van der Waals surface area contributed by atoms with E-state index in [1.807, 2.05) is 42.5 Å². The first kappa shape index (κ1) is 32.1. The molecule has 1 heterocycles. The molecule has 0 N–H and O–H groups in total. The highest BCUT2D eigenvalue weighted by atomic mass is 28.4. The fourth-order valence-corrected chi connectivity index (χ4v) is 7.90. The summed E-state index contributed by atoms with van der Waals surface area (Å²) in [7, 11) is -1.93. The average molecular weight is 567 g/mol. The second-order valence-electron chi connectivity index (χ2n) is 10.8. The van der Waals surface area contributed by atoms with Crippen molar-refractivity contribution in [3.8, 4) is 16.9 Å². The summed E-state index contributed by atoms with van der Waals surface area (Å²) in [6, 6.07) is 16.8. The predicted molar refractivity (Wildman–Crippen MR) is 169 cm³/mol. The van der Waals surface area contributed by atoms with Crippen molar-refractivity contribution >= 4 is 19.5 Å². The topological polar surface area (TPSA) is 57.9 Å². The Morgan fingerprint density at radius 2 is 1.35 bits per heavy atom. The SMILES string of the molecule is CCO[Si](C)(CCCCCCCCCCCCOc1ccc2cc(-c3ccccc3CC)c(=O)oc2c1)OCC. The van der Waals surface area contributed by atoms with Crippen LogP contribution in [0.2, 0.25) is 12.6 Å². The molecule has 0 saturated heterocycles. The largest absolute Gasteiger partial charge is 0.493 e. The highest BCUT2D eigenvalue weighted by Crippen LogP contribution is 2.27. The molecule has 1 aromatic heterocycles. The van der Waals surface area contributed by atoms with Crippen LogP contribution in [0, 0.1) is 0 Å². The van der Waals surface area contributed by atoms with E-state index in [1.165, 1.54) is 57.8 Å². The van der Waals surface area contributed by atoms with Gasteiger partial charge < -0.3 is 18.0 Å². The van der Waals surface area contributed by atoms with Crippen LogP contribution in [0.15, 0.2) is 57.7 Å². The molecule has 0 unspecified atom stereocenters. The molecule has 40 heavy (non-hydrogen) atoms. The zero-order chi connectivity index (χ0) is 28.6. The summed E-state index contributed by atoms with van der Waals surface area (Å²) in [6.45, 7) is 10.6. The molecule has 6 heteroatoms. The lowest BCUT2D eigenvalue weighted by atomic mass is 9.99. The number of rotatable bonds is 20. The zero-order valence-electron chi connectivity index (χ0n) is 25.3. The summed E-state index contributed by atoms with van der Waals surface area (Å²) in [6.07, 6.45) is 13.4. The highest BCUT2D eigenvalue weighted by Gasteiger charge is 2.29. The number of hydrogen-bond donors (Lipinski definition) is 0. The third-order valence-electron chi connectivity index (χ3n) is 7.59. The van der Waals surface area contributed by atoms with Crippen LogP contribution >= 0.6 is 0 Å². The van der Waals surface area contributed by atoms with Crippen LogP contribution in [-0.2, 0) is 15.3 Å². The molecule has 220 valence electrons. The average Bonchev–Trinajstić information content (AvgIpc) is 2.95. The minimum Gasteiger partial charge on any atom is -0.493 e. The maximum Gasteiger partial charge on any atom is 0.344 e. The van der Waals surface area contributed by atoms with Gasteiger partial charge in [0.25, 0.3) is 0 Å². The van der Waals surface area contributed by atoms with Crippen molar-refractivity contribution in [2.75, 3.05) is 19.8 Å². The van der Waals surface area contributed by atoms with Gasteiger partial charge in [-0.15, -0.1) is 0 Å². The lowest BCUT2D eigenvalue weighted by Gasteiger charge is -2.25. The molecule has 3 aromatic rings. The summed E-state index contributed by atoms with van der Waals surface area (Å²) >= 11 is 0. The summed E-state index contributed by atoms with van der Waals surface area (Å²) in [5, 5.41) is 0.907. The third kappa shape index (κ3) is 10.2. The molecule has 5 nitrogen and oxygen atoms in total. The van der Waals surface area contributed by atoms with Crippen molar-refractivity contribution < 1.29 is 18.0 Å². The molecule has 0 atom stereocenters. The van der Waals surface area contributed by atoms with Gasteiger partial charge in [0.15, 0.2) is 0 Å². The normalized spacial score (nSPS) is 11.8. The smallest absolute Gasteiger partial charge is 0.344 e. The van der Waals surface area contributed by atoms with Crippen LogP contribution in [0.3, 0.4) is 0 Å². The Labute approximate surface area is 242 Å². The Balaban J connectivity index is 1.28. The maximum absolute atomic E-state index is 12.8. The Bertz CT molecular complexity index is 1200. The van der Waals surface area contributed by atoms with Gasteiger partial charge in [0.1, 0.15) is 11.3 Å². The van der Waals surface area contributed by atoms with E-state index in [0.717, 1.165) is 54.4 Å². The van der Waals surface area contributed by atoms with Gasteiger partial charge in [0.2, 0.25) is 0 Å². The molecule has 0 spiro atoms. The van der Waals surface area contributed by atoms with Crippen LogP contribution in [0.1, 0.15) is 90.5 Å². The fourth-order valence-electron chi connectivity index (χ4n) is 5.41. The van der Waals surface area contributed by atoms with E-state index in [4.69, 9.17) is 18.0 Å². The predicted octanol–water partition coefficient (Wildman–Crippen LogP) is 9.45. The number of hydrogen-bond acceptors (Lipinski definition) is 5. The number of fused-ring (bicyclic) bond motifs is 1. The first-order chi connectivity index (χ1) is 19.5. The van der Waals surface area contributed by atoms with Crippen LogP contribution in [0.5, 0.6) is 5.75 Å². The van der Waals surface area contributed by atoms with Crippen molar-refractivity contribution in [2.45, 2.75) is 104 Å². The van der Waals surface area contributed by atoms with E-state index in [9.17, 15) is 4.79 Å². The third-order valence-corrected chi connectivity index (χ3v) is 10.6. The first-order valence-corrected chi connectivity index (χ1v) is 18.1. The second kappa shape index (κ2) is 17.4.